The van der Waals surface area contributed by atoms with Gasteiger partial charge in [-0.05, 0) is 12.0 Å². The van der Waals surface area contributed by atoms with Crippen molar-refractivity contribution in [2.45, 2.75) is 12.5 Å². The highest BCUT2D eigenvalue weighted by molar-refractivity contribution is 5.73. The third-order valence-electron chi connectivity index (χ3n) is 1.84. The normalized spacial score (nSPS) is 11.7. The summed E-state index contributed by atoms with van der Waals surface area (Å²) < 4.78 is 0. The van der Waals surface area contributed by atoms with Gasteiger partial charge in [-0.2, -0.15) is 0 Å². The zero-order valence-electron chi connectivity index (χ0n) is 7.47. The number of carbonyl (C=O) groups is 1. The predicted octanol–water partition coefficient (Wildman–Crippen LogP) is 1.19. The van der Waals surface area contributed by atoms with Crippen LogP contribution in [0, 0.1) is 6.57 Å². The summed E-state index contributed by atoms with van der Waals surface area (Å²) in [5.41, 5.74) is 6.72. The summed E-state index contributed by atoms with van der Waals surface area (Å²) in [4.78, 5) is 13.7. The van der Waals surface area contributed by atoms with Crippen molar-refractivity contribution < 1.29 is 9.90 Å². The fraction of sp³-hybridized carbons (Fsp3) is 0.200. The quantitative estimate of drug-likeness (QED) is 0.703. The number of aliphatic carboxylic acids is 1. The highest BCUT2D eigenvalue weighted by Crippen LogP contribution is 2.13. The highest BCUT2D eigenvalue weighted by atomic mass is 16.4. The second-order valence-electron chi connectivity index (χ2n) is 2.93. The number of hydrogen-bond acceptors (Lipinski definition) is 2. The molecule has 0 fully saturated rings. The molecule has 1 atom stereocenters. The van der Waals surface area contributed by atoms with Crippen molar-refractivity contribution in [3.05, 3.63) is 41.2 Å². The minimum Gasteiger partial charge on any atom is -0.480 e. The van der Waals surface area contributed by atoms with Crippen molar-refractivity contribution in [2.75, 3.05) is 0 Å². The van der Waals surface area contributed by atoms with Gasteiger partial charge in [-0.3, -0.25) is 4.79 Å². The van der Waals surface area contributed by atoms with Crippen LogP contribution in [0.1, 0.15) is 5.56 Å². The minimum atomic E-state index is -1.01. The Morgan fingerprint density at radius 1 is 1.50 bits per heavy atom. The van der Waals surface area contributed by atoms with Gasteiger partial charge in [0.1, 0.15) is 6.04 Å². The van der Waals surface area contributed by atoms with Crippen LogP contribution in [-0.2, 0) is 11.2 Å². The Morgan fingerprint density at radius 2 is 2.07 bits per heavy atom. The number of hydrogen-bond donors (Lipinski definition) is 2. The van der Waals surface area contributed by atoms with Gasteiger partial charge < -0.3 is 10.8 Å². The van der Waals surface area contributed by atoms with Crippen molar-refractivity contribution in [1.29, 1.82) is 0 Å². The Hall–Kier alpha value is -1.86. The maximum atomic E-state index is 10.5. The fourth-order valence-electron chi connectivity index (χ4n) is 1.05. The Morgan fingerprint density at radius 3 is 2.50 bits per heavy atom. The number of rotatable bonds is 3. The maximum Gasteiger partial charge on any atom is 0.320 e. The molecule has 0 heterocycles. The lowest BCUT2D eigenvalue weighted by atomic mass is 10.1. The summed E-state index contributed by atoms with van der Waals surface area (Å²) in [5, 5.41) is 8.57. The van der Waals surface area contributed by atoms with E-state index in [4.69, 9.17) is 17.4 Å². The molecule has 0 bridgehead atoms. The SMILES string of the molecule is [C-]#[N+]c1ccc(C[C@H](N)C(=O)O)cc1. The van der Waals surface area contributed by atoms with Crippen LogP contribution in [0.2, 0.25) is 0 Å². The van der Waals surface area contributed by atoms with Crippen LogP contribution < -0.4 is 5.73 Å². The van der Waals surface area contributed by atoms with Gasteiger partial charge >= 0.3 is 5.97 Å². The third-order valence-corrected chi connectivity index (χ3v) is 1.84. The van der Waals surface area contributed by atoms with Crippen LogP contribution in [0.4, 0.5) is 5.69 Å². The lowest BCUT2D eigenvalue weighted by Crippen LogP contribution is -2.32. The van der Waals surface area contributed by atoms with E-state index in [9.17, 15) is 4.79 Å². The lowest BCUT2D eigenvalue weighted by Gasteiger charge is -2.05. The summed E-state index contributed by atoms with van der Waals surface area (Å²) in [5.74, 6) is -1.01. The van der Waals surface area contributed by atoms with Crippen LogP contribution in [0.15, 0.2) is 24.3 Å². The average molecular weight is 190 g/mol. The molecule has 0 saturated heterocycles. The molecule has 14 heavy (non-hydrogen) atoms. The van der Waals surface area contributed by atoms with Crippen molar-refractivity contribution >= 4 is 11.7 Å². The number of carboxylic acid groups (broad SMARTS) is 1. The molecule has 0 aliphatic carbocycles. The van der Waals surface area contributed by atoms with Gasteiger partial charge in [0.2, 0.25) is 0 Å². The largest absolute Gasteiger partial charge is 0.480 e. The smallest absolute Gasteiger partial charge is 0.320 e. The van der Waals surface area contributed by atoms with E-state index in [0.29, 0.717) is 5.69 Å². The zero-order chi connectivity index (χ0) is 10.6. The van der Waals surface area contributed by atoms with Crippen LogP contribution >= 0.6 is 0 Å². The van der Waals surface area contributed by atoms with Crippen molar-refractivity contribution in [3.63, 3.8) is 0 Å². The summed E-state index contributed by atoms with van der Waals surface area (Å²) in [6, 6.07) is 5.86. The standard InChI is InChI=1S/C10H10N2O2/c1-12-8-4-2-7(3-5-8)6-9(11)10(13)14/h2-5,9H,6,11H2,(H,13,14)/t9-/m0/s1. The Balaban J connectivity index is 2.70. The van der Waals surface area contributed by atoms with E-state index >= 15 is 0 Å². The molecule has 1 aromatic rings. The molecule has 1 rings (SSSR count). The minimum absolute atomic E-state index is 0.285. The van der Waals surface area contributed by atoms with Gasteiger partial charge in [0, 0.05) is 0 Å². The summed E-state index contributed by atoms with van der Waals surface area (Å²) in [6.07, 6.45) is 0.285. The Labute approximate surface area is 81.8 Å². The first-order valence-electron chi connectivity index (χ1n) is 4.08. The second kappa shape index (κ2) is 4.40. The molecule has 0 aromatic heterocycles. The first kappa shape index (κ1) is 10.2. The molecule has 0 saturated carbocycles. The van der Waals surface area contributed by atoms with Crippen LogP contribution in [0.5, 0.6) is 0 Å². The molecule has 3 N–H and O–H groups in total. The van der Waals surface area contributed by atoms with E-state index in [1.165, 1.54) is 0 Å². The summed E-state index contributed by atoms with van der Waals surface area (Å²) >= 11 is 0. The highest BCUT2D eigenvalue weighted by Gasteiger charge is 2.11. The number of carboxylic acids is 1. The van der Waals surface area contributed by atoms with E-state index in [2.05, 4.69) is 4.85 Å². The summed E-state index contributed by atoms with van der Waals surface area (Å²) in [7, 11) is 0. The predicted molar refractivity (Wildman–Crippen MR) is 52.0 cm³/mol. The second-order valence-corrected chi connectivity index (χ2v) is 2.93. The molecule has 0 unspecified atom stereocenters. The van der Waals surface area contributed by atoms with Gasteiger partial charge in [0.05, 0.1) is 6.57 Å². The molecule has 4 heteroatoms. The van der Waals surface area contributed by atoms with Gasteiger partial charge in [-0.1, -0.05) is 24.3 Å². The molecular weight excluding hydrogens is 180 g/mol. The third kappa shape index (κ3) is 2.57. The van der Waals surface area contributed by atoms with Crippen LogP contribution in [0.25, 0.3) is 4.85 Å². The number of nitrogens with zero attached hydrogens (tertiary/aromatic N) is 1. The van der Waals surface area contributed by atoms with E-state index in [1.54, 1.807) is 24.3 Å². The van der Waals surface area contributed by atoms with Crippen molar-refractivity contribution in [1.82, 2.24) is 0 Å². The molecule has 0 spiro atoms. The van der Waals surface area contributed by atoms with Gasteiger partial charge in [-0.15, -0.1) is 0 Å². The van der Waals surface area contributed by atoms with E-state index in [-0.39, 0.29) is 6.42 Å². The van der Waals surface area contributed by atoms with Gasteiger partial charge in [-0.25, -0.2) is 4.85 Å². The molecule has 1 aromatic carbocycles. The Kier molecular flexibility index (Phi) is 3.21. The van der Waals surface area contributed by atoms with Crippen LogP contribution in [0.3, 0.4) is 0 Å². The number of nitrogens with two attached hydrogens (primary N) is 1. The van der Waals surface area contributed by atoms with Crippen molar-refractivity contribution in [2.24, 2.45) is 5.73 Å². The molecule has 0 radical (unpaired) electrons. The zero-order valence-corrected chi connectivity index (χ0v) is 7.47. The Bertz CT molecular complexity index is 365. The molecular formula is C10H10N2O2. The van der Waals surface area contributed by atoms with Crippen LogP contribution in [-0.4, -0.2) is 17.1 Å². The molecule has 0 aliphatic rings. The van der Waals surface area contributed by atoms with E-state index in [0.717, 1.165) is 5.56 Å². The number of benzene rings is 1. The first-order chi connectivity index (χ1) is 6.63. The first-order valence-corrected chi connectivity index (χ1v) is 4.08. The fourth-order valence-corrected chi connectivity index (χ4v) is 1.05. The lowest BCUT2D eigenvalue weighted by molar-refractivity contribution is -0.138. The molecule has 4 nitrogen and oxygen atoms in total. The topological polar surface area (TPSA) is 67.7 Å². The molecule has 0 aliphatic heterocycles. The summed E-state index contributed by atoms with van der Waals surface area (Å²) in [6.45, 7) is 6.73. The van der Waals surface area contributed by atoms with Gasteiger partial charge in [0.15, 0.2) is 5.69 Å². The molecule has 72 valence electrons. The maximum absolute atomic E-state index is 10.5. The monoisotopic (exact) mass is 190 g/mol. The molecule has 0 amide bonds. The average Bonchev–Trinajstić information content (AvgIpc) is 2.19. The van der Waals surface area contributed by atoms with Crippen molar-refractivity contribution in [3.8, 4) is 0 Å². The van der Waals surface area contributed by atoms with E-state index < -0.39 is 12.0 Å². The van der Waals surface area contributed by atoms with E-state index in [1.807, 2.05) is 0 Å². The van der Waals surface area contributed by atoms with Gasteiger partial charge in [0.25, 0.3) is 0 Å².